The molecule has 5 heteroatoms. The highest BCUT2D eigenvalue weighted by atomic mass is 32.1. The maximum absolute atomic E-state index is 4.60. The van der Waals surface area contributed by atoms with Gasteiger partial charge in [-0.15, -0.1) is 0 Å². The average Bonchev–Trinajstić information content (AvgIpc) is 2.89. The summed E-state index contributed by atoms with van der Waals surface area (Å²) in [6, 6.07) is 8.20. The van der Waals surface area contributed by atoms with E-state index in [1.807, 2.05) is 18.2 Å². The van der Waals surface area contributed by atoms with Gasteiger partial charge in [-0.1, -0.05) is 23.5 Å². The molecule has 0 saturated carbocycles. The van der Waals surface area contributed by atoms with Crippen LogP contribution in [0.1, 0.15) is 12.8 Å². The molecule has 3 aliphatic heterocycles. The van der Waals surface area contributed by atoms with Crippen LogP contribution in [-0.4, -0.2) is 35.2 Å². The van der Waals surface area contributed by atoms with Gasteiger partial charge in [-0.25, -0.2) is 4.98 Å². The van der Waals surface area contributed by atoms with Crippen LogP contribution in [0.15, 0.2) is 29.4 Å². The molecule has 3 saturated heterocycles. The van der Waals surface area contributed by atoms with Crippen molar-refractivity contribution >= 4 is 32.4 Å². The van der Waals surface area contributed by atoms with Gasteiger partial charge in [-0.2, -0.15) is 5.10 Å². The molecule has 3 aliphatic rings. The highest BCUT2D eigenvalue weighted by Crippen LogP contribution is 2.27. The second-order valence-electron chi connectivity index (χ2n) is 5.25. The van der Waals surface area contributed by atoms with E-state index >= 15 is 0 Å². The number of hydrogen-bond donors (Lipinski definition) is 1. The van der Waals surface area contributed by atoms with Gasteiger partial charge >= 0.3 is 0 Å². The van der Waals surface area contributed by atoms with Gasteiger partial charge in [-0.3, -0.25) is 10.3 Å². The SMILES string of the molecule is c1ccc2sc(N/N=C3\CN4CCC3CC4)nc2c1. The summed E-state index contributed by atoms with van der Waals surface area (Å²) >= 11 is 1.66. The third kappa shape index (κ3) is 2.13. The molecule has 98 valence electrons. The third-order valence-corrected chi connectivity index (χ3v) is 4.97. The molecule has 2 aromatic rings. The quantitative estimate of drug-likeness (QED) is 0.855. The minimum Gasteiger partial charge on any atom is -0.298 e. The number of para-hydroxylation sites is 1. The zero-order valence-electron chi connectivity index (χ0n) is 10.7. The molecule has 0 unspecified atom stereocenters. The first-order valence-corrected chi connectivity index (χ1v) is 7.60. The van der Waals surface area contributed by atoms with Gasteiger partial charge in [0.25, 0.3) is 0 Å². The Hall–Kier alpha value is -1.46. The molecule has 0 atom stereocenters. The van der Waals surface area contributed by atoms with Crippen LogP contribution in [-0.2, 0) is 0 Å². The number of benzene rings is 1. The Morgan fingerprint density at radius 1 is 1.26 bits per heavy atom. The van der Waals surface area contributed by atoms with Crippen molar-refractivity contribution in [2.45, 2.75) is 12.8 Å². The Kier molecular flexibility index (Phi) is 2.74. The second kappa shape index (κ2) is 4.58. The average molecular weight is 272 g/mol. The summed E-state index contributed by atoms with van der Waals surface area (Å²) in [6.45, 7) is 3.51. The van der Waals surface area contributed by atoms with Crippen molar-refractivity contribution < 1.29 is 0 Å². The predicted molar refractivity (Wildman–Crippen MR) is 79.8 cm³/mol. The molecule has 0 amide bonds. The third-order valence-electron chi connectivity index (χ3n) is 4.03. The summed E-state index contributed by atoms with van der Waals surface area (Å²) in [4.78, 5) is 7.03. The summed E-state index contributed by atoms with van der Waals surface area (Å²) in [5, 5.41) is 5.50. The standard InChI is InChI=1S/C14H16N4S/c1-2-4-13-11(3-1)15-14(19-13)17-16-12-9-18-7-5-10(12)6-8-18/h1-4,10H,5-9H2,(H,15,17)/b16-12+. The maximum atomic E-state index is 4.60. The molecule has 4 nitrogen and oxygen atoms in total. The van der Waals surface area contributed by atoms with E-state index in [1.165, 1.54) is 36.3 Å². The minimum atomic E-state index is 0.687. The first kappa shape index (κ1) is 11.4. The van der Waals surface area contributed by atoms with Crippen molar-refractivity contribution in [1.82, 2.24) is 9.88 Å². The van der Waals surface area contributed by atoms with Crippen LogP contribution in [0, 0.1) is 5.92 Å². The fourth-order valence-electron chi connectivity index (χ4n) is 2.95. The fraction of sp³-hybridized carbons (Fsp3) is 0.429. The molecule has 1 aromatic carbocycles. The molecule has 4 heterocycles. The molecule has 2 bridgehead atoms. The number of hydrogen-bond acceptors (Lipinski definition) is 5. The molecule has 0 aliphatic carbocycles. The lowest BCUT2D eigenvalue weighted by molar-refractivity contribution is 0.200. The van der Waals surface area contributed by atoms with Crippen molar-refractivity contribution in [2.24, 2.45) is 11.0 Å². The second-order valence-corrected chi connectivity index (χ2v) is 6.28. The number of rotatable bonds is 2. The van der Waals surface area contributed by atoms with Crippen molar-refractivity contribution in [3.63, 3.8) is 0 Å². The zero-order chi connectivity index (χ0) is 12.7. The van der Waals surface area contributed by atoms with Crippen LogP contribution >= 0.6 is 11.3 Å². The Morgan fingerprint density at radius 3 is 2.84 bits per heavy atom. The summed E-state index contributed by atoms with van der Waals surface area (Å²) < 4.78 is 1.21. The normalized spacial score (nSPS) is 28.1. The van der Waals surface area contributed by atoms with E-state index < -0.39 is 0 Å². The van der Waals surface area contributed by atoms with E-state index in [2.05, 4.69) is 26.5 Å². The maximum Gasteiger partial charge on any atom is 0.204 e. The van der Waals surface area contributed by atoms with Crippen LogP contribution in [0.3, 0.4) is 0 Å². The Bertz CT molecular complexity index is 592. The van der Waals surface area contributed by atoms with Crippen molar-refractivity contribution in [3.05, 3.63) is 24.3 Å². The van der Waals surface area contributed by atoms with Crippen LogP contribution in [0.4, 0.5) is 5.13 Å². The smallest absolute Gasteiger partial charge is 0.204 e. The van der Waals surface area contributed by atoms with Gasteiger partial charge in [0, 0.05) is 12.5 Å². The minimum absolute atomic E-state index is 0.687. The van der Waals surface area contributed by atoms with Gasteiger partial charge in [0.1, 0.15) is 0 Å². The molecular weight excluding hydrogens is 256 g/mol. The summed E-state index contributed by atoms with van der Waals surface area (Å²) in [6.07, 6.45) is 2.53. The molecule has 1 N–H and O–H groups in total. The number of thiazole rings is 1. The molecule has 0 radical (unpaired) electrons. The van der Waals surface area contributed by atoms with Gasteiger partial charge in [0.05, 0.1) is 15.9 Å². The Morgan fingerprint density at radius 2 is 2.11 bits per heavy atom. The van der Waals surface area contributed by atoms with E-state index in [4.69, 9.17) is 0 Å². The highest BCUT2D eigenvalue weighted by Gasteiger charge is 2.30. The summed E-state index contributed by atoms with van der Waals surface area (Å²) in [7, 11) is 0. The molecule has 19 heavy (non-hydrogen) atoms. The Balaban J connectivity index is 1.55. The molecule has 1 aromatic heterocycles. The highest BCUT2D eigenvalue weighted by molar-refractivity contribution is 7.22. The number of nitrogens with zero attached hydrogens (tertiary/aromatic N) is 3. The lowest BCUT2D eigenvalue weighted by Gasteiger charge is -2.39. The van der Waals surface area contributed by atoms with Crippen LogP contribution in [0.5, 0.6) is 0 Å². The monoisotopic (exact) mass is 272 g/mol. The summed E-state index contributed by atoms with van der Waals surface area (Å²) in [5.41, 5.74) is 5.51. The lowest BCUT2D eigenvalue weighted by atomic mass is 9.87. The van der Waals surface area contributed by atoms with E-state index in [0.29, 0.717) is 5.92 Å². The van der Waals surface area contributed by atoms with E-state index in [0.717, 1.165) is 17.2 Å². The van der Waals surface area contributed by atoms with Crippen LogP contribution in [0.25, 0.3) is 10.2 Å². The van der Waals surface area contributed by atoms with Crippen molar-refractivity contribution in [2.75, 3.05) is 25.1 Å². The van der Waals surface area contributed by atoms with Gasteiger partial charge < -0.3 is 0 Å². The molecule has 5 rings (SSSR count). The van der Waals surface area contributed by atoms with Gasteiger partial charge in [0.2, 0.25) is 5.13 Å². The molecule has 3 fully saturated rings. The van der Waals surface area contributed by atoms with Crippen molar-refractivity contribution in [1.29, 1.82) is 0 Å². The first-order chi connectivity index (χ1) is 9.38. The molecule has 0 spiro atoms. The molecular formula is C14H16N4S. The number of nitrogens with one attached hydrogen (secondary N) is 1. The predicted octanol–water partition coefficient (Wildman–Crippen LogP) is 2.79. The largest absolute Gasteiger partial charge is 0.298 e. The van der Waals surface area contributed by atoms with Crippen molar-refractivity contribution in [3.8, 4) is 0 Å². The van der Waals surface area contributed by atoms with Gasteiger partial charge in [-0.05, 0) is 38.1 Å². The first-order valence-electron chi connectivity index (χ1n) is 6.79. The fourth-order valence-corrected chi connectivity index (χ4v) is 3.76. The number of hydrazone groups is 1. The van der Waals surface area contributed by atoms with E-state index in [1.54, 1.807) is 11.3 Å². The summed E-state index contributed by atoms with van der Waals surface area (Å²) in [5.74, 6) is 0.687. The number of aromatic nitrogens is 1. The zero-order valence-corrected chi connectivity index (χ0v) is 11.5. The van der Waals surface area contributed by atoms with E-state index in [-0.39, 0.29) is 0 Å². The van der Waals surface area contributed by atoms with Crippen LogP contribution < -0.4 is 5.43 Å². The number of piperidine rings is 3. The van der Waals surface area contributed by atoms with Gasteiger partial charge in [0.15, 0.2) is 0 Å². The number of anilines is 1. The Labute approximate surface area is 116 Å². The lowest BCUT2D eigenvalue weighted by Crippen LogP contribution is -2.48. The van der Waals surface area contributed by atoms with E-state index in [9.17, 15) is 0 Å². The number of fused-ring (bicyclic) bond motifs is 4. The van der Waals surface area contributed by atoms with Crippen LogP contribution in [0.2, 0.25) is 0 Å². The topological polar surface area (TPSA) is 40.5 Å².